The van der Waals surface area contributed by atoms with Crippen LogP contribution in [0.3, 0.4) is 0 Å². The first-order valence-corrected chi connectivity index (χ1v) is 4.12. The van der Waals surface area contributed by atoms with Gasteiger partial charge in [0, 0.05) is 6.54 Å². The van der Waals surface area contributed by atoms with Gasteiger partial charge in [-0.25, -0.2) is 4.98 Å². The molecule has 0 fully saturated rings. The molecule has 5 nitrogen and oxygen atoms in total. The Hall–Kier alpha value is -1.48. The van der Waals surface area contributed by atoms with E-state index in [4.69, 9.17) is 11.0 Å². The fourth-order valence-electron chi connectivity index (χ4n) is 1.00. The topological polar surface area (TPSA) is 103 Å². The van der Waals surface area contributed by atoms with Crippen molar-refractivity contribution in [3.05, 3.63) is 29.6 Å². The van der Waals surface area contributed by atoms with E-state index in [0.717, 1.165) is 0 Å². The van der Waals surface area contributed by atoms with Gasteiger partial charge in [0.15, 0.2) is 0 Å². The quantitative estimate of drug-likeness (QED) is 0.589. The normalized spacial score (nSPS) is 14.4. The summed E-state index contributed by atoms with van der Waals surface area (Å²) in [5, 5.41) is 27.3. The molecule has 1 aromatic rings. The van der Waals surface area contributed by atoms with E-state index in [1.165, 1.54) is 12.1 Å². The molecule has 0 radical (unpaired) electrons. The van der Waals surface area contributed by atoms with Crippen molar-refractivity contribution < 1.29 is 10.2 Å². The van der Waals surface area contributed by atoms with Gasteiger partial charge >= 0.3 is 0 Å². The second-order valence-electron chi connectivity index (χ2n) is 2.81. The Morgan fingerprint density at radius 1 is 1.50 bits per heavy atom. The smallest absolute Gasteiger partial charge is 0.140 e. The zero-order chi connectivity index (χ0) is 10.6. The molecule has 0 aliphatic rings. The minimum absolute atomic E-state index is 0.0559. The third kappa shape index (κ3) is 2.26. The van der Waals surface area contributed by atoms with Crippen LogP contribution in [0.4, 0.5) is 0 Å². The van der Waals surface area contributed by atoms with Gasteiger partial charge in [-0.3, -0.25) is 0 Å². The van der Waals surface area contributed by atoms with Crippen molar-refractivity contribution in [2.75, 3.05) is 6.54 Å². The van der Waals surface area contributed by atoms with E-state index in [1.54, 1.807) is 6.07 Å². The number of hydrogen-bond donors (Lipinski definition) is 3. The highest BCUT2D eigenvalue weighted by atomic mass is 16.3. The van der Waals surface area contributed by atoms with E-state index >= 15 is 0 Å². The van der Waals surface area contributed by atoms with Gasteiger partial charge in [0.2, 0.25) is 0 Å². The number of nitrogens with zero attached hydrogens (tertiary/aromatic N) is 2. The van der Waals surface area contributed by atoms with Crippen LogP contribution in [-0.4, -0.2) is 27.8 Å². The van der Waals surface area contributed by atoms with Crippen molar-refractivity contribution in [3.63, 3.8) is 0 Å². The predicted molar refractivity (Wildman–Crippen MR) is 49.0 cm³/mol. The second kappa shape index (κ2) is 4.67. The van der Waals surface area contributed by atoms with Crippen LogP contribution in [0.5, 0.6) is 0 Å². The lowest BCUT2D eigenvalue weighted by molar-refractivity contribution is 0.0217. The fraction of sp³-hybridized carbons (Fsp3) is 0.333. The van der Waals surface area contributed by atoms with Crippen LogP contribution in [0.15, 0.2) is 18.2 Å². The fourth-order valence-corrected chi connectivity index (χ4v) is 1.00. The number of pyridine rings is 1. The lowest BCUT2D eigenvalue weighted by atomic mass is 10.1. The molecule has 0 amide bonds. The van der Waals surface area contributed by atoms with Crippen LogP contribution in [0.2, 0.25) is 0 Å². The second-order valence-corrected chi connectivity index (χ2v) is 2.81. The maximum Gasteiger partial charge on any atom is 0.140 e. The van der Waals surface area contributed by atoms with Gasteiger partial charge in [-0.05, 0) is 12.1 Å². The Balaban J connectivity index is 2.91. The van der Waals surface area contributed by atoms with Crippen molar-refractivity contribution in [2.45, 2.75) is 12.2 Å². The summed E-state index contributed by atoms with van der Waals surface area (Å²) in [5.41, 5.74) is 5.63. The zero-order valence-electron chi connectivity index (χ0n) is 7.46. The first-order valence-electron chi connectivity index (χ1n) is 4.12. The molecule has 1 aromatic heterocycles. The Bertz CT molecular complexity index is 348. The Morgan fingerprint density at radius 2 is 2.21 bits per heavy atom. The molecule has 74 valence electrons. The van der Waals surface area contributed by atoms with Gasteiger partial charge in [0.1, 0.15) is 17.9 Å². The standard InChI is InChI=1S/C9H11N3O2/c10-4-6-2-1-3-7(12-6)9(14)8(13)5-11/h1-3,8-9,13-14H,5,11H2. The van der Waals surface area contributed by atoms with Crippen LogP contribution in [0, 0.1) is 11.3 Å². The molecule has 5 heteroatoms. The van der Waals surface area contributed by atoms with E-state index in [0.29, 0.717) is 0 Å². The van der Waals surface area contributed by atoms with Crippen LogP contribution in [-0.2, 0) is 0 Å². The van der Waals surface area contributed by atoms with Crippen LogP contribution in [0.1, 0.15) is 17.5 Å². The Morgan fingerprint density at radius 3 is 2.79 bits per heavy atom. The molecule has 0 aliphatic heterocycles. The first kappa shape index (κ1) is 10.6. The molecular weight excluding hydrogens is 182 g/mol. The molecule has 14 heavy (non-hydrogen) atoms. The SMILES string of the molecule is N#Cc1cccc(C(O)C(O)CN)n1. The molecule has 1 heterocycles. The van der Waals surface area contributed by atoms with Crippen LogP contribution < -0.4 is 5.73 Å². The molecule has 0 aliphatic carbocycles. The highest BCUT2D eigenvalue weighted by molar-refractivity contribution is 5.23. The highest BCUT2D eigenvalue weighted by Crippen LogP contribution is 2.13. The summed E-state index contributed by atoms with van der Waals surface area (Å²) in [5.74, 6) is 0. The third-order valence-corrected chi connectivity index (χ3v) is 1.79. The van der Waals surface area contributed by atoms with Crippen molar-refractivity contribution in [1.29, 1.82) is 5.26 Å². The first-order chi connectivity index (χ1) is 6.69. The number of nitrogens with two attached hydrogens (primary N) is 1. The summed E-state index contributed by atoms with van der Waals surface area (Å²) in [6.45, 7) is -0.0559. The van der Waals surface area contributed by atoms with Gasteiger partial charge in [-0.15, -0.1) is 0 Å². The average molecular weight is 193 g/mol. The maximum absolute atomic E-state index is 9.51. The molecule has 4 N–H and O–H groups in total. The van der Waals surface area contributed by atoms with E-state index < -0.39 is 12.2 Å². The summed E-state index contributed by atoms with van der Waals surface area (Å²) >= 11 is 0. The van der Waals surface area contributed by atoms with E-state index in [9.17, 15) is 10.2 Å². The number of rotatable bonds is 3. The highest BCUT2D eigenvalue weighted by Gasteiger charge is 2.18. The number of aromatic nitrogens is 1. The average Bonchev–Trinajstić information content (AvgIpc) is 2.27. The monoisotopic (exact) mass is 193 g/mol. The molecular formula is C9H11N3O2. The van der Waals surface area contributed by atoms with Crippen LogP contribution >= 0.6 is 0 Å². The molecule has 0 spiro atoms. The van der Waals surface area contributed by atoms with E-state index in [2.05, 4.69) is 4.98 Å². The molecule has 0 aromatic carbocycles. The van der Waals surface area contributed by atoms with Gasteiger partial charge in [-0.2, -0.15) is 5.26 Å². The summed E-state index contributed by atoms with van der Waals surface area (Å²) in [7, 11) is 0. The van der Waals surface area contributed by atoms with Gasteiger partial charge in [0.05, 0.1) is 11.8 Å². The van der Waals surface area contributed by atoms with E-state index in [1.807, 2.05) is 6.07 Å². The molecule has 1 rings (SSSR count). The predicted octanol–water partition coefficient (Wildman–Crippen LogP) is -0.694. The molecule has 2 unspecified atom stereocenters. The summed E-state index contributed by atoms with van der Waals surface area (Å²) in [6.07, 6.45) is -2.20. The zero-order valence-corrected chi connectivity index (χ0v) is 7.46. The van der Waals surface area contributed by atoms with Gasteiger partial charge in [0.25, 0.3) is 0 Å². The third-order valence-electron chi connectivity index (χ3n) is 1.79. The number of aliphatic hydroxyl groups is 2. The van der Waals surface area contributed by atoms with Crippen LogP contribution in [0.25, 0.3) is 0 Å². The molecule has 2 atom stereocenters. The number of aliphatic hydroxyl groups excluding tert-OH is 2. The Kier molecular flexibility index (Phi) is 3.54. The maximum atomic E-state index is 9.51. The minimum Gasteiger partial charge on any atom is -0.389 e. The molecule has 0 bridgehead atoms. The summed E-state index contributed by atoms with van der Waals surface area (Å²) < 4.78 is 0. The van der Waals surface area contributed by atoms with Crippen molar-refractivity contribution >= 4 is 0 Å². The van der Waals surface area contributed by atoms with Crippen molar-refractivity contribution in [1.82, 2.24) is 4.98 Å². The van der Waals surface area contributed by atoms with Crippen molar-refractivity contribution in [2.24, 2.45) is 5.73 Å². The summed E-state index contributed by atoms with van der Waals surface area (Å²) in [6, 6.07) is 6.49. The largest absolute Gasteiger partial charge is 0.389 e. The minimum atomic E-state index is -1.15. The lowest BCUT2D eigenvalue weighted by Gasteiger charge is -2.15. The van der Waals surface area contributed by atoms with Gasteiger partial charge < -0.3 is 15.9 Å². The molecule has 0 saturated carbocycles. The number of nitriles is 1. The Labute approximate surface area is 81.4 Å². The molecule has 0 saturated heterocycles. The summed E-state index contributed by atoms with van der Waals surface area (Å²) in [4.78, 5) is 3.83. The van der Waals surface area contributed by atoms with Gasteiger partial charge in [-0.1, -0.05) is 6.07 Å². The van der Waals surface area contributed by atoms with E-state index in [-0.39, 0.29) is 17.9 Å². The van der Waals surface area contributed by atoms with Crippen molar-refractivity contribution in [3.8, 4) is 6.07 Å². The number of hydrogen-bond acceptors (Lipinski definition) is 5. The lowest BCUT2D eigenvalue weighted by Crippen LogP contribution is -2.27.